The van der Waals surface area contributed by atoms with E-state index in [4.69, 9.17) is 0 Å². The van der Waals surface area contributed by atoms with Crippen LogP contribution in [0.5, 0.6) is 0 Å². The van der Waals surface area contributed by atoms with E-state index in [1.807, 2.05) is 0 Å². The molecule has 19 heavy (non-hydrogen) atoms. The molecular weight excluding hydrogens is 320 g/mol. The Kier molecular flexibility index (Phi) is 5.43. The molecule has 0 aliphatic carbocycles. The lowest BCUT2D eigenvalue weighted by molar-refractivity contribution is 0.685. The minimum absolute atomic E-state index is 0.942. The molecular formula is C15H19BrN2S. The lowest BCUT2D eigenvalue weighted by Crippen LogP contribution is -2.28. The molecule has 0 saturated heterocycles. The summed E-state index contributed by atoms with van der Waals surface area (Å²) in [5, 5.41) is 5.60. The van der Waals surface area contributed by atoms with Crippen molar-refractivity contribution in [2.75, 3.05) is 25.0 Å². The molecule has 0 aliphatic heterocycles. The molecule has 102 valence electrons. The molecule has 2 aromatic rings. The van der Waals surface area contributed by atoms with Crippen LogP contribution in [0, 0.1) is 6.92 Å². The second kappa shape index (κ2) is 7.08. The zero-order valence-electron chi connectivity index (χ0n) is 11.3. The molecule has 4 heteroatoms. The number of halogens is 1. The number of nitrogens with one attached hydrogen (secondary N) is 1. The van der Waals surface area contributed by atoms with Gasteiger partial charge in [0.1, 0.15) is 0 Å². The highest BCUT2D eigenvalue weighted by Crippen LogP contribution is 2.19. The number of rotatable bonds is 6. The summed E-state index contributed by atoms with van der Waals surface area (Å²) in [7, 11) is 2.14. The number of hydrogen-bond acceptors (Lipinski definition) is 3. The first-order chi connectivity index (χ1) is 9.15. The molecule has 2 rings (SSSR count). The molecule has 0 amide bonds. The first-order valence-electron chi connectivity index (χ1n) is 6.36. The van der Waals surface area contributed by atoms with E-state index in [0.29, 0.717) is 0 Å². The van der Waals surface area contributed by atoms with Crippen molar-refractivity contribution in [1.29, 1.82) is 0 Å². The molecule has 1 heterocycles. The third-order valence-corrected chi connectivity index (χ3v) is 4.69. The number of nitrogens with zero attached hydrogens (tertiary/aromatic N) is 1. The Labute approximate surface area is 127 Å². The number of anilines is 1. The van der Waals surface area contributed by atoms with Gasteiger partial charge in [0.2, 0.25) is 0 Å². The van der Waals surface area contributed by atoms with Crippen molar-refractivity contribution in [3.05, 3.63) is 50.6 Å². The van der Waals surface area contributed by atoms with Crippen molar-refractivity contribution in [3.63, 3.8) is 0 Å². The second-order valence-corrected chi connectivity index (χ2v) is 6.58. The normalized spacial score (nSPS) is 10.7. The molecule has 0 bridgehead atoms. The van der Waals surface area contributed by atoms with Gasteiger partial charge in [0.05, 0.1) is 0 Å². The van der Waals surface area contributed by atoms with Crippen LogP contribution in [0.15, 0.2) is 40.2 Å². The van der Waals surface area contributed by atoms with Crippen LogP contribution in [0.25, 0.3) is 0 Å². The zero-order valence-corrected chi connectivity index (χ0v) is 13.7. The van der Waals surface area contributed by atoms with Crippen molar-refractivity contribution < 1.29 is 0 Å². The van der Waals surface area contributed by atoms with Crippen molar-refractivity contribution in [1.82, 2.24) is 5.32 Å². The molecule has 1 aromatic carbocycles. The zero-order chi connectivity index (χ0) is 13.7. The average molecular weight is 339 g/mol. The molecule has 0 unspecified atom stereocenters. The molecule has 0 aliphatic rings. The predicted octanol–water partition coefficient (Wildman–Crippen LogP) is 4.05. The topological polar surface area (TPSA) is 15.3 Å². The van der Waals surface area contributed by atoms with Crippen LogP contribution in [0.3, 0.4) is 0 Å². The summed E-state index contributed by atoms with van der Waals surface area (Å²) in [6.07, 6.45) is 0. The van der Waals surface area contributed by atoms with Gasteiger partial charge in [-0.3, -0.25) is 0 Å². The Hall–Kier alpha value is -0.840. The third-order valence-electron chi connectivity index (χ3n) is 2.99. The van der Waals surface area contributed by atoms with Crippen molar-refractivity contribution in [3.8, 4) is 0 Å². The van der Waals surface area contributed by atoms with Gasteiger partial charge < -0.3 is 10.2 Å². The summed E-state index contributed by atoms with van der Waals surface area (Å²) in [6.45, 7) is 5.07. The fraction of sp³-hybridized carbons (Fsp3) is 0.333. The summed E-state index contributed by atoms with van der Waals surface area (Å²) in [5.41, 5.74) is 2.58. The highest BCUT2D eigenvalue weighted by Gasteiger charge is 2.01. The van der Waals surface area contributed by atoms with E-state index >= 15 is 0 Å². The van der Waals surface area contributed by atoms with Crippen LogP contribution in [-0.2, 0) is 6.54 Å². The number of hydrogen-bond donors (Lipinski definition) is 1. The van der Waals surface area contributed by atoms with E-state index in [9.17, 15) is 0 Å². The first kappa shape index (κ1) is 14.6. The fourth-order valence-corrected chi connectivity index (χ4v) is 3.32. The number of likely N-dealkylation sites (N-methyl/N-ethyl adjacent to an activating group) is 1. The highest BCUT2D eigenvalue weighted by molar-refractivity contribution is 9.10. The van der Waals surface area contributed by atoms with Gasteiger partial charge in [0.15, 0.2) is 0 Å². The van der Waals surface area contributed by atoms with Gasteiger partial charge in [-0.15, -0.1) is 11.3 Å². The maximum atomic E-state index is 3.48. The summed E-state index contributed by atoms with van der Waals surface area (Å²) in [6, 6.07) is 10.8. The standard InChI is InChI=1S/C15H19BrN2S/c1-12-4-3-5-14(8-12)18(2)7-6-17-10-15-9-13(16)11-19-15/h3-5,8-9,11,17H,6-7,10H2,1-2H3. The van der Waals surface area contributed by atoms with Crippen LogP contribution >= 0.6 is 27.3 Å². The van der Waals surface area contributed by atoms with Gasteiger partial charge in [-0.05, 0) is 46.6 Å². The summed E-state index contributed by atoms with van der Waals surface area (Å²) < 4.78 is 1.17. The van der Waals surface area contributed by atoms with Crippen LogP contribution < -0.4 is 10.2 Å². The monoisotopic (exact) mass is 338 g/mol. The van der Waals surface area contributed by atoms with Gasteiger partial charge in [-0.25, -0.2) is 0 Å². The second-order valence-electron chi connectivity index (χ2n) is 4.67. The third kappa shape index (κ3) is 4.64. The Bertz CT molecular complexity index is 524. The minimum Gasteiger partial charge on any atom is -0.373 e. The molecule has 1 N–H and O–H groups in total. The average Bonchev–Trinajstić information content (AvgIpc) is 2.80. The van der Waals surface area contributed by atoms with Crippen LogP contribution in [0.4, 0.5) is 5.69 Å². The molecule has 0 saturated carbocycles. The molecule has 2 nitrogen and oxygen atoms in total. The molecule has 0 fully saturated rings. The van der Waals surface area contributed by atoms with Crippen LogP contribution in [0.1, 0.15) is 10.4 Å². The minimum atomic E-state index is 0.942. The molecule has 0 spiro atoms. The van der Waals surface area contributed by atoms with E-state index in [2.05, 4.69) is 75.8 Å². The number of aryl methyl sites for hydroxylation is 1. The Balaban J connectivity index is 1.73. The summed E-state index contributed by atoms with van der Waals surface area (Å²) in [5.74, 6) is 0. The Morgan fingerprint density at radius 3 is 2.84 bits per heavy atom. The Morgan fingerprint density at radius 2 is 2.16 bits per heavy atom. The summed E-state index contributed by atoms with van der Waals surface area (Å²) in [4.78, 5) is 3.65. The van der Waals surface area contributed by atoms with Gasteiger partial charge in [0, 0.05) is 47.1 Å². The van der Waals surface area contributed by atoms with Gasteiger partial charge in [-0.2, -0.15) is 0 Å². The quantitative estimate of drug-likeness (QED) is 0.799. The fourth-order valence-electron chi connectivity index (χ4n) is 1.90. The lowest BCUT2D eigenvalue weighted by atomic mass is 10.2. The van der Waals surface area contributed by atoms with Crippen molar-refractivity contribution in [2.45, 2.75) is 13.5 Å². The van der Waals surface area contributed by atoms with Crippen LogP contribution in [0.2, 0.25) is 0 Å². The maximum absolute atomic E-state index is 3.48. The number of benzene rings is 1. The van der Waals surface area contributed by atoms with E-state index < -0.39 is 0 Å². The largest absolute Gasteiger partial charge is 0.373 e. The molecule has 1 aromatic heterocycles. The molecule has 0 radical (unpaired) electrons. The van der Waals surface area contributed by atoms with E-state index in [1.54, 1.807) is 11.3 Å². The highest BCUT2D eigenvalue weighted by atomic mass is 79.9. The van der Waals surface area contributed by atoms with E-state index in [-0.39, 0.29) is 0 Å². The first-order valence-corrected chi connectivity index (χ1v) is 8.04. The van der Waals surface area contributed by atoms with E-state index in [0.717, 1.165) is 19.6 Å². The van der Waals surface area contributed by atoms with Crippen LogP contribution in [-0.4, -0.2) is 20.1 Å². The van der Waals surface area contributed by atoms with Gasteiger partial charge >= 0.3 is 0 Å². The SMILES string of the molecule is Cc1cccc(N(C)CCNCc2cc(Br)cs2)c1. The smallest absolute Gasteiger partial charge is 0.0366 e. The van der Waals surface area contributed by atoms with E-state index in [1.165, 1.54) is 20.6 Å². The Morgan fingerprint density at radius 1 is 1.32 bits per heavy atom. The molecule has 0 atom stereocenters. The predicted molar refractivity (Wildman–Crippen MR) is 88.2 cm³/mol. The number of thiophene rings is 1. The van der Waals surface area contributed by atoms with Gasteiger partial charge in [-0.1, -0.05) is 12.1 Å². The maximum Gasteiger partial charge on any atom is 0.0366 e. The summed E-state index contributed by atoms with van der Waals surface area (Å²) >= 11 is 5.26. The lowest BCUT2D eigenvalue weighted by Gasteiger charge is -2.19. The van der Waals surface area contributed by atoms with Crippen molar-refractivity contribution >= 4 is 33.0 Å². The van der Waals surface area contributed by atoms with Gasteiger partial charge in [0.25, 0.3) is 0 Å². The van der Waals surface area contributed by atoms with Crippen molar-refractivity contribution in [2.24, 2.45) is 0 Å².